The van der Waals surface area contributed by atoms with E-state index in [1.807, 2.05) is 31.2 Å². The fourth-order valence-corrected chi connectivity index (χ4v) is 3.35. The van der Waals surface area contributed by atoms with Crippen molar-refractivity contribution in [1.29, 1.82) is 0 Å². The highest BCUT2D eigenvalue weighted by molar-refractivity contribution is 8.15. The molecule has 1 saturated heterocycles. The highest BCUT2D eigenvalue weighted by Crippen LogP contribution is 2.23. The summed E-state index contributed by atoms with van der Waals surface area (Å²) in [6.07, 6.45) is 1.65. The minimum absolute atomic E-state index is 0.0415. The van der Waals surface area contributed by atoms with Crippen molar-refractivity contribution in [3.63, 3.8) is 0 Å². The van der Waals surface area contributed by atoms with Gasteiger partial charge in [-0.2, -0.15) is 5.10 Å². The third-order valence-electron chi connectivity index (χ3n) is 3.71. The molecule has 0 aromatic heterocycles. The molecule has 2 amide bonds. The first-order valence-electron chi connectivity index (χ1n) is 8.20. The number of carbonyl (C=O) groups excluding carboxylic acids is 2. The van der Waals surface area contributed by atoms with Crippen LogP contribution in [0.2, 0.25) is 5.02 Å². The van der Waals surface area contributed by atoms with Crippen molar-refractivity contribution in [2.75, 3.05) is 5.32 Å². The Hall–Kier alpha value is -2.64. The Morgan fingerprint density at radius 1 is 1.22 bits per heavy atom. The average molecular weight is 401 g/mol. The van der Waals surface area contributed by atoms with Gasteiger partial charge in [0, 0.05) is 17.1 Å². The van der Waals surface area contributed by atoms with Crippen molar-refractivity contribution in [3.05, 3.63) is 64.7 Å². The molecule has 138 valence electrons. The van der Waals surface area contributed by atoms with E-state index in [1.165, 1.54) is 11.8 Å². The second kappa shape index (κ2) is 8.83. The van der Waals surface area contributed by atoms with Crippen LogP contribution in [0, 0.1) is 6.92 Å². The third kappa shape index (κ3) is 5.67. The van der Waals surface area contributed by atoms with Crippen LogP contribution < -0.4 is 10.6 Å². The summed E-state index contributed by atoms with van der Waals surface area (Å²) in [5, 5.41) is 13.8. The number of hydrogen-bond donors (Lipinski definition) is 2. The van der Waals surface area contributed by atoms with E-state index in [0.29, 0.717) is 15.9 Å². The van der Waals surface area contributed by atoms with E-state index in [-0.39, 0.29) is 18.2 Å². The number of anilines is 1. The smallest absolute Gasteiger partial charge is 0.240 e. The zero-order chi connectivity index (χ0) is 19.2. The number of amides is 2. The quantitative estimate of drug-likeness (QED) is 0.594. The van der Waals surface area contributed by atoms with Gasteiger partial charge < -0.3 is 10.6 Å². The van der Waals surface area contributed by atoms with Crippen molar-refractivity contribution >= 4 is 52.2 Å². The Labute approximate surface area is 166 Å². The SMILES string of the molecule is Cc1ccc(C=N/N=C2\NC(=O)C(CC(=O)Nc3ccc(Cl)cc3)S2)cc1. The fourth-order valence-electron chi connectivity index (χ4n) is 2.30. The van der Waals surface area contributed by atoms with Crippen molar-refractivity contribution in [3.8, 4) is 0 Å². The van der Waals surface area contributed by atoms with Crippen molar-refractivity contribution in [2.45, 2.75) is 18.6 Å². The van der Waals surface area contributed by atoms with Crippen molar-refractivity contribution in [2.24, 2.45) is 10.2 Å². The summed E-state index contributed by atoms with van der Waals surface area (Å²) in [5.74, 6) is -0.509. The molecule has 2 aromatic carbocycles. The maximum absolute atomic E-state index is 12.1. The highest BCUT2D eigenvalue weighted by atomic mass is 35.5. The number of nitrogens with one attached hydrogen (secondary N) is 2. The van der Waals surface area contributed by atoms with Crippen molar-refractivity contribution in [1.82, 2.24) is 5.32 Å². The summed E-state index contributed by atoms with van der Waals surface area (Å²) < 4.78 is 0. The number of carbonyl (C=O) groups is 2. The summed E-state index contributed by atoms with van der Waals surface area (Å²) in [7, 11) is 0. The molecule has 0 radical (unpaired) electrons. The minimum Gasteiger partial charge on any atom is -0.326 e. The topological polar surface area (TPSA) is 82.9 Å². The van der Waals surface area contributed by atoms with Crippen LogP contribution in [0.5, 0.6) is 0 Å². The zero-order valence-corrected chi connectivity index (χ0v) is 16.1. The van der Waals surface area contributed by atoms with E-state index in [4.69, 9.17) is 11.6 Å². The molecule has 1 atom stereocenters. The Balaban J connectivity index is 1.54. The van der Waals surface area contributed by atoms with Gasteiger partial charge in [-0.15, -0.1) is 5.10 Å². The Kier molecular flexibility index (Phi) is 6.26. The molecular formula is C19H17ClN4O2S. The molecule has 1 fully saturated rings. The molecule has 1 unspecified atom stereocenters. The van der Waals surface area contributed by atoms with E-state index < -0.39 is 5.25 Å². The van der Waals surface area contributed by atoms with Gasteiger partial charge in [-0.05, 0) is 36.8 Å². The number of hydrogen-bond acceptors (Lipinski definition) is 5. The molecule has 6 nitrogen and oxygen atoms in total. The van der Waals surface area contributed by atoms with Crippen LogP contribution in [0.3, 0.4) is 0 Å². The number of benzene rings is 2. The van der Waals surface area contributed by atoms with Crippen LogP contribution in [-0.4, -0.2) is 28.4 Å². The first kappa shape index (κ1) is 19.1. The van der Waals surface area contributed by atoms with E-state index in [9.17, 15) is 9.59 Å². The van der Waals surface area contributed by atoms with Crippen LogP contribution >= 0.6 is 23.4 Å². The lowest BCUT2D eigenvalue weighted by Gasteiger charge is -2.07. The number of amidine groups is 1. The zero-order valence-electron chi connectivity index (χ0n) is 14.5. The molecule has 0 aliphatic carbocycles. The van der Waals surface area contributed by atoms with Gasteiger partial charge in [-0.3, -0.25) is 9.59 Å². The monoisotopic (exact) mass is 400 g/mol. The molecule has 3 rings (SSSR count). The molecule has 0 saturated carbocycles. The highest BCUT2D eigenvalue weighted by Gasteiger charge is 2.32. The first-order valence-corrected chi connectivity index (χ1v) is 9.46. The van der Waals surface area contributed by atoms with Gasteiger partial charge in [0.05, 0.1) is 6.21 Å². The van der Waals surface area contributed by atoms with Gasteiger partial charge in [0.2, 0.25) is 11.8 Å². The first-order chi connectivity index (χ1) is 13.0. The maximum atomic E-state index is 12.1. The summed E-state index contributed by atoms with van der Waals surface area (Å²) in [6.45, 7) is 2.01. The van der Waals surface area contributed by atoms with E-state index in [0.717, 1.165) is 11.1 Å². The summed E-state index contributed by atoms with van der Waals surface area (Å²) in [4.78, 5) is 24.2. The lowest BCUT2D eigenvalue weighted by Crippen LogP contribution is -2.28. The molecule has 8 heteroatoms. The summed E-state index contributed by atoms with van der Waals surface area (Å²) in [6, 6.07) is 14.6. The van der Waals surface area contributed by atoms with Crippen LogP contribution in [-0.2, 0) is 9.59 Å². The molecule has 1 heterocycles. The lowest BCUT2D eigenvalue weighted by atomic mass is 10.2. The van der Waals surface area contributed by atoms with Gasteiger partial charge in [0.25, 0.3) is 0 Å². The molecule has 0 bridgehead atoms. The molecule has 2 N–H and O–H groups in total. The number of halogens is 1. The second-order valence-electron chi connectivity index (χ2n) is 5.92. The Bertz CT molecular complexity index is 895. The average Bonchev–Trinajstić information content (AvgIpc) is 2.98. The maximum Gasteiger partial charge on any atom is 0.240 e. The van der Waals surface area contributed by atoms with Gasteiger partial charge in [-0.25, -0.2) is 0 Å². The fraction of sp³-hybridized carbons (Fsp3) is 0.158. The largest absolute Gasteiger partial charge is 0.326 e. The normalized spacial score (nSPS) is 18.1. The van der Waals surface area contributed by atoms with Crippen LogP contribution in [0.4, 0.5) is 5.69 Å². The van der Waals surface area contributed by atoms with Crippen LogP contribution in [0.25, 0.3) is 0 Å². The number of nitrogens with zero attached hydrogens (tertiary/aromatic N) is 2. The predicted octanol–water partition coefficient (Wildman–Crippen LogP) is 3.60. The predicted molar refractivity (Wildman–Crippen MR) is 110 cm³/mol. The van der Waals surface area contributed by atoms with Gasteiger partial charge >= 0.3 is 0 Å². The number of aryl methyl sites for hydroxylation is 1. The van der Waals surface area contributed by atoms with Crippen LogP contribution in [0.15, 0.2) is 58.7 Å². The van der Waals surface area contributed by atoms with Gasteiger partial charge in [0.15, 0.2) is 5.17 Å². The van der Waals surface area contributed by atoms with Gasteiger partial charge in [0.1, 0.15) is 5.25 Å². The Morgan fingerprint density at radius 2 is 1.93 bits per heavy atom. The van der Waals surface area contributed by atoms with Gasteiger partial charge in [-0.1, -0.05) is 53.2 Å². The third-order valence-corrected chi connectivity index (χ3v) is 5.03. The Morgan fingerprint density at radius 3 is 2.63 bits per heavy atom. The van der Waals surface area contributed by atoms with E-state index in [1.54, 1.807) is 30.5 Å². The molecule has 2 aromatic rings. The lowest BCUT2D eigenvalue weighted by molar-refractivity contribution is -0.122. The molecule has 27 heavy (non-hydrogen) atoms. The summed E-state index contributed by atoms with van der Waals surface area (Å²) >= 11 is 7.01. The molecule has 0 spiro atoms. The van der Waals surface area contributed by atoms with Crippen LogP contribution in [0.1, 0.15) is 17.5 Å². The van der Waals surface area contributed by atoms with E-state index in [2.05, 4.69) is 20.8 Å². The molecule has 1 aliphatic heterocycles. The number of thioether (sulfide) groups is 1. The minimum atomic E-state index is -0.536. The van der Waals surface area contributed by atoms with E-state index >= 15 is 0 Å². The molecule has 1 aliphatic rings. The summed E-state index contributed by atoms with van der Waals surface area (Å²) in [5.41, 5.74) is 2.71. The van der Waals surface area contributed by atoms with Crippen molar-refractivity contribution < 1.29 is 9.59 Å². The standard InChI is InChI=1S/C19H17ClN4O2S/c1-12-2-4-13(5-3-12)11-21-24-19-23-18(26)16(27-19)10-17(25)22-15-8-6-14(20)7-9-15/h2-9,11,16H,10H2,1H3,(H,22,25)(H,23,24,26). The second-order valence-corrected chi connectivity index (χ2v) is 7.54. The molecular weight excluding hydrogens is 384 g/mol. The number of rotatable bonds is 5.